The molecule has 0 radical (unpaired) electrons. The Morgan fingerprint density at radius 3 is 2.48 bits per heavy atom. The number of hydrogen-bond donors (Lipinski definition) is 1. The summed E-state index contributed by atoms with van der Waals surface area (Å²) < 4.78 is 5.74. The van der Waals surface area contributed by atoms with Gasteiger partial charge in [-0.3, -0.25) is 4.79 Å². The van der Waals surface area contributed by atoms with E-state index in [0.29, 0.717) is 12.1 Å². The van der Waals surface area contributed by atoms with Gasteiger partial charge in [-0.1, -0.05) is 26.0 Å². The third-order valence-electron chi connectivity index (χ3n) is 4.72. The summed E-state index contributed by atoms with van der Waals surface area (Å²) in [5.41, 5.74) is 7.33. The smallest absolute Gasteiger partial charge is 0.253 e. The molecule has 0 unspecified atom stereocenters. The van der Waals surface area contributed by atoms with Crippen molar-refractivity contribution in [2.75, 3.05) is 13.7 Å². The van der Waals surface area contributed by atoms with E-state index in [-0.39, 0.29) is 23.5 Å². The van der Waals surface area contributed by atoms with Crippen LogP contribution in [0.4, 0.5) is 0 Å². The van der Waals surface area contributed by atoms with E-state index in [4.69, 9.17) is 10.5 Å². The summed E-state index contributed by atoms with van der Waals surface area (Å²) in [6.45, 7) is 7.57. The normalized spacial score (nSPS) is 23.5. The average Bonchev–Trinajstić information content (AvgIpc) is 2.49. The topological polar surface area (TPSA) is 55.6 Å². The van der Waals surface area contributed by atoms with Crippen LogP contribution in [-0.2, 0) is 11.3 Å². The lowest BCUT2D eigenvalue weighted by molar-refractivity contribution is -0.136. The molecule has 0 saturated heterocycles. The Kier molecular flexibility index (Phi) is 4.69. The van der Waals surface area contributed by atoms with Crippen LogP contribution < -0.4 is 5.73 Å². The van der Waals surface area contributed by atoms with Crippen molar-refractivity contribution < 1.29 is 9.53 Å². The molecule has 2 rings (SSSR count). The van der Waals surface area contributed by atoms with Crippen LogP contribution in [0.2, 0.25) is 0 Å². The van der Waals surface area contributed by atoms with Gasteiger partial charge in [-0.05, 0) is 31.0 Å². The molecule has 1 aromatic carbocycles. The van der Waals surface area contributed by atoms with E-state index in [1.165, 1.54) is 0 Å². The highest BCUT2D eigenvalue weighted by Gasteiger charge is 2.51. The minimum atomic E-state index is -0.00236. The van der Waals surface area contributed by atoms with E-state index >= 15 is 0 Å². The van der Waals surface area contributed by atoms with Gasteiger partial charge in [-0.15, -0.1) is 0 Å². The molecule has 4 heteroatoms. The number of nitrogens with two attached hydrogens (primary N) is 1. The zero-order valence-electron chi connectivity index (χ0n) is 13.4. The molecule has 0 bridgehead atoms. The molecule has 0 aliphatic heterocycles. The van der Waals surface area contributed by atoms with Crippen molar-refractivity contribution in [1.82, 2.24) is 4.90 Å². The van der Waals surface area contributed by atoms with Crippen LogP contribution in [0.25, 0.3) is 0 Å². The number of carbonyl (C=O) groups excluding carboxylic acids is 1. The molecule has 1 fully saturated rings. The number of hydrogen-bond acceptors (Lipinski definition) is 3. The van der Waals surface area contributed by atoms with Gasteiger partial charge in [0.05, 0.1) is 6.10 Å². The van der Waals surface area contributed by atoms with Crippen molar-refractivity contribution >= 4 is 5.91 Å². The molecule has 116 valence electrons. The molecular weight excluding hydrogens is 264 g/mol. The standard InChI is InChI=1S/C17H26N2O2/c1-5-21-15-10-14(17(15,2)3)19(4)16(20)13-8-6-12(11-18)7-9-13/h6-9,14-15H,5,10-11,18H2,1-4H3/t14-,15+/m1/s1. The maximum atomic E-state index is 12.6. The fourth-order valence-electron chi connectivity index (χ4n) is 3.13. The Bertz CT molecular complexity index is 496. The first kappa shape index (κ1) is 16.0. The van der Waals surface area contributed by atoms with Crippen molar-refractivity contribution in [1.29, 1.82) is 0 Å². The van der Waals surface area contributed by atoms with Crippen molar-refractivity contribution in [3.63, 3.8) is 0 Å². The highest BCUT2D eigenvalue weighted by atomic mass is 16.5. The quantitative estimate of drug-likeness (QED) is 0.906. The lowest BCUT2D eigenvalue weighted by atomic mass is 9.63. The monoisotopic (exact) mass is 290 g/mol. The van der Waals surface area contributed by atoms with E-state index in [9.17, 15) is 4.79 Å². The van der Waals surface area contributed by atoms with Gasteiger partial charge in [-0.2, -0.15) is 0 Å². The fourth-order valence-corrected chi connectivity index (χ4v) is 3.13. The number of amides is 1. The van der Waals surface area contributed by atoms with E-state index in [0.717, 1.165) is 18.6 Å². The summed E-state index contributed by atoms with van der Waals surface area (Å²) in [4.78, 5) is 14.4. The Balaban J connectivity index is 2.06. The van der Waals surface area contributed by atoms with Gasteiger partial charge >= 0.3 is 0 Å². The van der Waals surface area contributed by atoms with Crippen LogP contribution >= 0.6 is 0 Å². The predicted octanol–water partition coefficient (Wildman–Crippen LogP) is 2.42. The molecule has 4 nitrogen and oxygen atoms in total. The summed E-state index contributed by atoms with van der Waals surface area (Å²) in [6.07, 6.45) is 1.15. The van der Waals surface area contributed by atoms with Crippen LogP contribution in [0.1, 0.15) is 43.1 Å². The molecule has 2 N–H and O–H groups in total. The van der Waals surface area contributed by atoms with Gasteiger partial charge < -0.3 is 15.4 Å². The zero-order chi connectivity index (χ0) is 15.6. The Labute approximate surface area is 127 Å². The molecule has 1 saturated carbocycles. The first-order valence-electron chi connectivity index (χ1n) is 7.59. The third kappa shape index (κ3) is 2.97. The second-order valence-corrected chi connectivity index (χ2v) is 6.33. The first-order chi connectivity index (χ1) is 9.91. The molecule has 1 aromatic rings. The van der Waals surface area contributed by atoms with Crippen LogP contribution in [0.15, 0.2) is 24.3 Å². The SMILES string of the molecule is CCO[C@H]1C[C@@H](N(C)C(=O)c2ccc(CN)cc2)C1(C)C. The van der Waals surface area contributed by atoms with Gasteiger partial charge in [0.15, 0.2) is 0 Å². The van der Waals surface area contributed by atoms with Gasteiger partial charge in [-0.25, -0.2) is 0 Å². The molecule has 21 heavy (non-hydrogen) atoms. The van der Waals surface area contributed by atoms with Crippen LogP contribution in [0.3, 0.4) is 0 Å². The number of nitrogens with zero attached hydrogens (tertiary/aromatic N) is 1. The van der Waals surface area contributed by atoms with E-state index in [1.807, 2.05) is 43.1 Å². The highest BCUT2D eigenvalue weighted by Crippen LogP contribution is 2.45. The number of ether oxygens (including phenoxy) is 1. The molecule has 0 heterocycles. The van der Waals surface area contributed by atoms with Gasteiger partial charge in [0.25, 0.3) is 5.91 Å². The minimum Gasteiger partial charge on any atom is -0.378 e. The van der Waals surface area contributed by atoms with Gasteiger partial charge in [0.2, 0.25) is 0 Å². The van der Waals surface area contributed by atoms with Crippen LogP contribution in [0, 0.1) is 5.41 Å². The molecule has 1 aliphatic carbocycles. The van der Waals surface area contributed by atoms with Crippen LogP contribution in [-0.4, -0.2) is 36.6 Å². The molecule has 1 amide bonds. The summed E-state index contributed by atoms with van der Waals surface area (Å²) in [6, 6.07) is 7.75. The Morgan fingerprint density at radius 1 is 1.38 bits per heavy atom. The van der Waals surface area contributed by atoms with Crippen molar-refractivity contribution in [2.45, 2.75) is 45.9 Å². The molecular formula is C17H26N2O2. The van der Waals surface area contributed by atoms with E-state index < -0.39 is 0 Å². The maximum Gasteiger partial charge on any atom is 0.253 e. The Morgan fingerprint density at radius 2 is 2.00 bits per heavy atom. The number of rotatable bonds is 5. The Hall–Kier alpha value is -1.39. The van der Waals surface area contributed by atoms with Gasteiger partial charge in [0, 0.05) is 37.2 Å². The fraction of sp³-hybridized carbons (Fsp3) is 0.588. The second kappa shape index (κ2) is 6.16. The number of carbonyl (C=O) groups is 1. The summed E-state index contributed by atoms with van der Waals surface area (Å²) in [7, 11) is 1.88. The largest absolute Gasteiger partial charge is 0.378 e. The van der Waals surface area contributed by atoms with Crippen LogP contribution in [0.5, 0.6) is 0 Å². The summed E-state index contributed by atoms with van der Waals surface area (Å²) in [5, 5.41) is 0. The molecule has 2 atom stereocenters. The zero-order valence-corrected chi connectivity index (χ0v) is 13.4. The van der Waals surface area contributed by atoms with Gasteiger partial charge in [0.1, 0.15) is 0 Å². The molecule has 0 aromatic heterocycles. The lowest BCUT2D eigenvalue weighted by Gasteiger charge is -2.54. The third-order valence-corrected chi connectivity index (χ3v) is 4.72. The average molecular weight is 290 g/mol. The maximum absolute atomic E-state index is 12.6. The second-order valence-electron chi connectivity index (χ2n) is 6.33. The predicted molar refractivity (Wildman–Crippen MR) is 84.0 cm³/mol. The summed E-state index contributed by atoms with van der Waals surface area (Å²) in [5.74, 6) is 0.0617. The minimum absolute atomic E-state index is 0.00236. The summed E-state index contributed by atoms with van der Waals surface area (Å²) >= 11 is 0. The highest BCUT2D eigenvalue weighted by molar-refractivity contribution is 5.94. The van der Waals surface area contributed by atoms with Crippen molar-refractivity contribution in [3.8, 4) is 0 Å². The van der Waals surface area contributed by atoms with E-state index in [1.54, 1.807) is 0 Å². The lowest BCUT2D eigenvalue weighted by Crippen LogP contribution is -2.62. The number of benzene rings is 1. The molecule has 0 spiro atoms. The molecule has 1 aliphatic rings. The van der Waals surface area contributed by atoms with E-state index in [2.05, 4.69) is 13.8 Å². The van der Waals surface area contributed by atoms with Crippen molar-refractivity contribution in [3.05, 3.63) is 35.4 Å². The first-order valence-corrected chi connectivity index (χ1v) is 7.59. The van der Waals surface area contributed by atoms with Crippen molar-refractivity contribution in [2.24, 2.45) is 11.1 Å².